The first kappa shape index (κ1) is 11.5. The van der Waals surface area contributed by atoms with Crippen LogP contribution >= 0.6 is 0 Å². The number of aromatic nitrogens is 3. The third kappa shape index (κ3) is 2.78. The van der Waals surface area contributed by atoms with Crippen LogP contribution < -0.4 is 5.73 Å². The van der Waals surface area contributed by atoms with Gasteiger partial charge in [-0.05, 0) is 37.5 Å². The third-order valence-electron chi connectivity index (χ3n) is 2.74. The van der Waals surface area contributed by atoms with Gasteiger partial charge in [0.25, 0.3) is 0 Å². The van der Waals surface area contributed by atoms with E-state index in [0.29, 0.717) is 12.2 Å². The first-order chi connectivity index (χ1) is 8.04. The molecule has 0 saturated heterocycles. The van der Waals surface area contributed by atoms with Crippen LogP contribution in [-0.2, 0) is 6.42 Å². The Hall–Kier alpha value is -1.97. The van der Waals surface area contributed by atoms with Gasteiger partial charge in [0.2, 0.25) is 5.95 Å². The van der Waals surface area contributed by atoms with Gasteiger partial charge in [-0.25, -0.2) is 4.98 Å². The largest absolute Gasteiger partial charge is 0.368 e. The minimum absolute atomic E-state index is 0.288. The lowest BCUT2D eigenvalue weighted by Crippen LogP contribution is -2.05. The molecule has 2 aromatic rings. The Labute approximate surface area is 101 Å². The summed E-state index contributed by atoms with van der Waals surface area (Å²) in [6.07, 6.45) is 0.689. The molecule has 0 fully saturated rings. The van der Waals surface area contributed by atoms with Crippen molar-refractivity contribution < 1.29 is 0 Å². The van der Waals surface area contributed by atoms with E-state index in [0.717, 1.165) is 5.82 Å². The predicted molar refractivity (Wildman–Crippen MR) is 67.7 cm³/mol. The van der Waals surface area contributed by atoms with Gasteiger partial charge in [0.1, 0.15) is 11.6 Å². The molecule has 17 heavy (non-hydrogen) atoms. The van der Waals surface area contributed by atoms with Gasteiger partial charge in [-0.1, -0.05) is 18.2 Å². The van der Waals surface area contributed by atoms with Crippen LogP contribution in [0.3, 0.4) is 0 Å². The number of benzene rings is 1. The molecule has 2 N–H and O–H groups in total. The van der Waals surface area contributed by atoms with E-state index in [4.69, 9.17) is 5.73 Å². The summed E-state index contributed by atoms with van der Waals surface area (Å²) >= 11 is 0. The lowest BCUT2D eigenvalue weighted by atomic mass is 10.0. The van der Waals surface area contributed by atoms with Gasteiger partial charge in [0, 0.05) is 6.42 Å². The number of nitrogen functional groups attached to an aromatic ring is 1. The van der Waals surface area contributed by atoms with E-state index >= 15 is 0 Å². The minimum Gasteiger partial charge on any atom is -0.368 e. The van der Waals surface area contributed by atoms with Gasteiger partial charge in [-0.15, -0.1) is 0 Å². The molecule has 0 bridgehead atoms. The summed E-state index contributed by atoms with van der Waals surface area (Å²) in [5, 5.41) is 0. The highest BCUT2D eigenvalue weighted by molar-refractivity contribution is 5.31. The van der Waals surface area contributed by atoms with Crippen molar-refractivity contribution in [3.05, 3.63) is 46.5 Å². The maximum absolute atomic E-state index is 5.60. The molecule has 0 spiro atoms. The summed E-state index contributed by atoms with van der Waals surface area (Å²) in [4.78, 5) is 12.4. The highest BCUT2D eigenvalue weighted by Gasteiger charge is 2.03. The summed E-state index contributed by atoms with van der Waals surface area (Å²) in [6.45, 7) is 6.03. The van der Waals surface area contributed by atoms with Crippen LogP contribution in [-0.4, -0.2) is 15.0 Å². The van der Waals surface area contributed by atoms with Crippen LogP contribution in [0.5, 0.6) is 0 Å². The number of rotatable bonds is 2. The van der Waals surface area contributed by atoms with E-state index in [1.807, 2.05) is 6.92 Å². The standard InChI is InChI=1S/C13H16N4/c1-8-4-5-11(6-9(8)2)7-12-15-10(3)16-13(14)17-12/h4-6H,7H2,1-3H3,(H2,14,15,16,17). The first-order valence-corrected chi connectivity index (χ1v) is 5.58. The van der Waals surface area contributed by atoms with E-state index in [1.54, 1.807) is 0 Å². The van der Waals surface area contributed by atoms with Crippen LogP contribution in [0.1, 0.15) is 28.3 Å². The maximum atomic E-state index is 5.60. The topological polar surface area (TPSA) is 64.7 Å². The van der Waals surface area contributed by atoms with Gasteiger partial charge in [0.15, 0.2) is 0 Å². The van der Waals surface area contributed by atoms with Crippen LogP contribution in [0.25, 0.3) is 0 Å². The number of nitrogens with two attached hydrogens (primary N) is 1. The summed E-state index contributed by atoms with van der Waals surface area (Å²) in [5.74, 6) is 1.67. The quantitative estimate of drug-likeness (QED) is 0.853. The molecule has 88 valence electrons. The van der Waals surface area contributed by atoms with Crippen molar-refractivity contribution in [1.29, 1.82) is 0 Å². The summed E-state index contributed by atoms with van der Waals surface area (Å²) in [7, 11) is 0. The van der Waals surface area contributed by atoms with Crippen molar-refractivity contribution in [1.82, 2.24) is 15.0 Å². The van der Waals surface area contributed by atoms with Crippen LogP contribution in [0.15, 0.2) is 18.2 Å². The maximum Gasteiger partial charge on any atom is 0.223 e. The van der Waals surface area contributed by atoms with Crippen molar-refractivity contribution in [2.75, 3.05) is 5.73 Å². The fraction of sp³-hybridized carbons (Fsp3) is 0.308. The van der Waals surface area contributed by atoms with E-state index < -0.39 is 0 Å². The normalized spacial score (nSPS) is 10.5. The molecule has 4 heteroatoms. The van der Waals surface area contributed by atoms with Crippen molar-refractivity contribution in [3.8, 4) is 0 Å². The van der Waals surface area contributed by atoms with Crippen molar-refractivity contribution in [2.24, 2.45) is 0 Å². The van der Waals surface area contributed by atoms with Crippen LogP contribution in [0.4, 0.5) is 5.95 Å². The van der Waals surface area contributed by atoms with E-state index in [9.17, 15) is 0 Å². The van der Waals surface area contributed by atoms with Gasteiger partial charge < -0.3 is 5.73 Å². The predicted octanol–water partition coefficient (Wildman–Crippen LogP) is 1.97. The molecular weight excluding hydrogens is 212 g/mol. The number of aryl methyl sites for hydroxylation is 3. The molecule has 0 amide bonds. The molecule has 1 aromatic carbocycles. The molecule has 0 aliphatic heterocycles. The Morgan fingerprint density at radius 1 is 1.00 bits per heavy atom. The highest BCUT2D eigenvalue weighted by atomic mass is 15.1. The fourth-order valence-electron chi connectivity index (χ4n) is 1.73. The Bertz CT molecular complexity index is 529. The number of hydrogen-bond donors (Lipinski definition) is 1. The van der Waals surface area contributed by atoms with E-state index in [2.05, 4.69) is 47.0 Å². The molecule has 0 saturated carbocycles. The second-order valence-corrected chi connectivity index (χ2v) is 4.25. The second kappa shape index (κ2) is 4.49. The monoisotopic (exact) mass is 228 g/mol. The Balaban J connectivity index is 2.28. The van der Waals surface area contributed by atoms with Crippen molar-refractivity contribution in [2.45, 2.75) is 27.2 Å². The molecule has 1 aromatic heterocycles. The molecular formula is C13H16N4. The van der Waals surface area contributed by atoms with Crippen LogP contribution in [0, 0.1) is 20.8 Å². The zero-order valence-corrected chi connectivity index (χ0v) is 10.4. The lowest BCUT2D eigenvalue weighted by Gasteiger charge is -2.05. The average Bonchev–Trinajstić information content (AvgIpc) is 2.22. The summed E-state index contributed by atoms with van der Waals surface area (Å²) < 4.78 is 0. The SMILES string of the molecule is Cc1nc(N)nc(Cc2ccc(C)c(C)c2)n1. The minimum atomic E-state index is 0.288. The van der Waals surface area contributed by atoms with Crippen molar-refractivity contribution in [3.63, 3.8) is 0 Å². The molecule has 2 rings (SSSR count). The van der Waals surface area contributed by atoms with E-state index in [-0.39, 0.29) is 5.95 Å². The smallest absolute Gasteiger partial charge is 0.223 e. The molecule has 0 aliphatic rings. The first-order valence-electron chi connectivity index (χ1n) is 5.58. The molecule has 0 radical (unpaired) electrons. The average molecular weight is 228 g/mol. The van der Waals surface area contributed by atoms with Gasteiger partial charge in [0.05, 0.1) is 0 Å². The lowest BCUT2D eigenvalue weighted by molar-refractivity contribution is 0.889. The number of nitrogens with zero attached hydrogens (tertiary/aromatic N) is 3. The molecule has 0 atom stereocenters. The van der Waals surface area contributed by atoms with Gasteiger partial charge >= 0.3 is 0 Å². The second-order valence-electron chi connectivity index (χ2n) is 4.25. The van der Waals surface area contributed by atoms with Crippen molar-refractivity contribution >= 4 is 5.95 Å². The Morgan fingerprint density at radius 3 is 2.41 bits per heavy atom. The third-order valence-corrected chi connectivity index (χ3v) is 2.74. The molecule has 0 aliphatic carbocycles. The molecule has 0 unspecified atom stereocenters. The summed E-state index contributed by atoms with van der Waals surface area (Å²) in [5.41, 5.74) is 9.37. The highest BCUT2D eigenvalue weighted by Crippen LogP contribution is 2.12. The Kier molecular flexibility index (Phi) is 3.04. The Morgan fingerprint density at radius 2 is 1.76 bits per heavy atom. The van der Waals surface area contributed by atoms with E-state index in [1.165, 1.54) is 16.7 Å². The van der Waals surface area contributed by atoms with Crippen LogP contribution in [0.2, 0.25) is 0 Å². The number of anilines is 1. The zero-order chi connectivity index (χ0) is 12.4. The van der Waals surface area contributed by atoms with Gasteiger partial charge in [-0.3, -0.25) is 0 Å². The molecule has 1 heterocycles. The summed E-state index contributed by atoms with van der Waals surface area (Å²) in [6, 6.07) is 6.37. The van der Waals surface area contributed by atoms with Gasteiger partial charge in [-0.2, -0.15) is 9.97 Å². The molecule has 4 nitrogen and oxygen atoms in total. The zero-order valence-electron chi connectivity index (χ0n) is 10.4. The fourth-order valence-corrected chi connectivity index (χ4v) is 1.73. The number of hydrogen-bond acceptors (Lipinski definition) is 4.